The van der Waals surface area contributed by atoms with Crippen LogP contribution in [0, 0.1) is 17.2 Å². The summed E-state index contributed by atoms with van der Waals surface area (Å²) in [4.78, 5) is 13.4. The largest absolute Gasteiger partial charge is 0.320 e. The molecule has 0 aromatic rings. The molecule has 1 aliphatic heterocycles. The van der Waals surface area contributed by atoms with Crippen LogP contribution in [0.5, 0.6) is 0 Å². The number of amides is 1. The van der Waals surface area contributed by atoms with Crippen LogP contribution in [0.4, 0.5) is 0 Å². The molecule has 1 aliphatic rings. The molecule has 4 nitrogen and oxygen atoms in total. The smallest absolute Gasteiger partial charge is 0.245 e. The van der Waals surface area contributed by atoms with E-state index in [9.17, 15) is 4.79 Å². The van der Waals surface area contributed by atoms with E-state index in [1.54, 1.807) is 24.4 Å². The number of hydrogen-bond acceptors (Lipinski definition) is 3. The third-order valence-electron chi connectivity index (χ3n) is 2.88. The second-order valence-electron chi connectivity index (χ2n) is 3.96. The van der Waals surface area contributed by atoms with Crippen molar-refractivity contribution >= 4 is 5.91 Å². The molecule has 0 saturated carbocycles. The summed E-state index contributed by atoms with van der Waals surface area (Å²) in [6.07, 6.45) is 7.62. The molecule has 1 rings (SSSR count). The third-order valence-corrected chi connectivity index (χ3v) is 2.88. The van der Waals surface area contributed by atoms with Gasteiger partial charge in [-0.25, -0.2) is 0 Å². The highest BCUT2D eigenvalue weighted by molar-refractivity contribution is 5.84. The van der Waals surface area contributed by atoms with E-state index in [-0.39, 0.29) is 11.8 Å². The molecule has 1 amide bonds. The van der Waals surface area contributed by atoms with E-state index in [4.69, 9.17) is 11.0 Å². The van der Waals surface area contributed by atoms with Crippen molar-refractivity contribution in [2.45, 2.75) is 32.4 Å². The summed E-state index contributed by atoms with van der Waals surface area (Å²) >= 11 is 0. The van der Waals surface area contributed by atoms with E-state index >= 15 is 0 Å². The van der Waals surface area contributed by atoms with Gasteiger partial charge in [0.1, 0.15) is 6.04 Å². The lowest BCUT2D eigenvalue weighted by atomic mass is 9.98. The van der Waals surface area contributed by atoms with E-state index in [0.29, 0.717) is 0 Å². The Morgan fingerprint density at radius 3 is 2.88 bits per heavy atom. The minimum absolute atomic E-state index is 0.117. The molecule has 2 unspecified atom stereocenters. The third kappa shape index (κ3) is 2.50. The molecule has 0 aromatic carbocycles. The maximum atomic E-state index is 12.0. The number of carbonyl (C=O) groups excluding carboxylic acids is 1. The molecule has 3 atom stereocenters. The van der Waals surface area contributed by atoms with E-state index in [0.717, 1.165) is 6.42 Å². The Kier molecular flexibility index (Phi) is 4.27. The van der Waals surface area contributed by atoms with Gasteiger partial charge in [0.05, 0.1) is 12.1 Å². The van der Waals surface area contributed by atoms with E-state index in [1.165, 1.54) is 4.90 Å². The number of carbonyl (C=O) groups is 1. The Bertz CT molecular complexity index is 354. The van der Waals surface area contributed by atoms with Gasteiger partial charge >= 0.3 is 0 Å². The lowest BCUT2D eigenvalue weighted by molar-refractivity contribution is -0.131. The quantitative estimate of drug-likeness (QED) is 0.774. The van der Waals surface area contributed by atoms with Crippen LogP contribution in [0.1, 0.15) is 20.3 Å². The highest BCUT2D eigenvalue weighted by Crippen LogP contribution is 2.14. The lowest BCUT2D eigenvalue weighted by Gasteiger charge is -2.28. The lowest BCUT2D eigenvalue weighted by Crippen LogP contribution is -2.48. The van der Waals surface area contributed by atoms with Crippen LogP contribution >= 0.6 is 0 Å². The first-order valence-electron chi connectivity index (χ1n) is 5.44. The summed E-state index contributed by atoms with van der Waals surface area (Å²) in [7, 11) is 0. The first-order valence-corrected chi connectivity index (χ1v) is 5.44. The average molecular weight is 219 g/mol. The van der Waals surface area contributed by atoms with Crippen molar-refractivity contribution in [1.29, 1.82) is 5.26 Å². The molecule has 0 radical (unpaired) electrons. The van der Waals surface area contributed by atoms with Gasteiger partial charge in [0.25, 0.3) is 0 Å². The Morgan fingerprint density at radius 1 is 1.62 bits per heavy atom. The van der Waals surface area contributed by atoms with Crippen molar-refractivity contribution in [3.63, 3.8) is 0 Å². The highest BCUT2D eigenvalue weighted by atomic mass is 16.2. The molecule has 2 N–H and O–H groups in total. The topological polar surface area (TPSA) is 70.1 Å². The molecule has 4 heteroatoms. The molecular formula is C12H17N3O. The second kappa shape index (κ2) is 5.47. The standard InChI is InChI=1S/C12H17N3O/c1-3-9(2)11(14)12(16)15-7-5-4-6-10(15)8-13/h4-7,9-11H,3,14H2,1-2H3/t9?,10?,11-/m0/s1. The van der Waals surface area contributed by atoms with Gasteiger partial charge in [-0.15, -0.1) is 0 Å². The summed E-state index contributed by atoms with van der Waals surface area (Å²) in [5, 5.41) is 8.92. The molecule has 0 aromatic heterocycles. The van der Waals surface area contributed by atoms with Crippen LogP contribution < -0.4 is 5.73 Å². The molecular weight excluding hydrogens is 202 g/mol. The molecule has 0 aliphatic carbocycles. The Hall–Kier alpha value is -1.60. The summed E-state index contributed by atoms with van der Waals surface area (Å²) in [5.74, 6) is -0.0763. The number of rotatable bonds is 3. The summed E-state index contributed by atoms with van der Waals surface area (Å²) in [6.45, 7) is 3.93. The van der Waals surface area contributed by atoms with Gasteiger partial charge in [-0.1, -0.05) is 26.3 Å². The molecule has 86 valence electrons. The Labute approximate surface area is 96.0 Å². The zero-order valence-corrected chi connectivity index (χ0v) is 9.63. The summed E-state index contributed by atoms with van der Waals surface area (Å²) in [5.41, 5.74) is 5.86. The van der Waals surface area contributed by atoms with Gasteiger partial charge in [0, 0.05) is 6.20 Å². The highest BCUT2D eigenvalue weighted by Gasteiger charge is 2.28. The van der Waals surface area contributed by atoms with Crippen molar-refractivity contribution in [2.75, 3.05) is 0 Å². The Balaban J connectivity index is 2.77. The van der Waals surface area contributed by atoms with Crippen LogP contribution in [0.3, 0.4) is 0 Å². The first kappa shape index (κ1) is 12.5. The molecule has 0 saturated heterocycles. The van der Waals surface area contributed by atoms with E-state index in [1.807, 2.05) is 13.8 Å². The fourth-order valence-corrected chi connectivity index (χ4v) is 1.48. The SMILES string of the molecule is CCC(C)[C@H](N)C(=O)N1C=CC=CC1C#N. The van der Waals surface area contributed by atoms with Crippen LogP contribution in [-0.2, 0) is 4.79 Å². The average Bonchev–Trinajstić information content (AvgIpc) is 2.35. The van der Waals surface area contributed by atoms with Gasteiger partial charge in [-0.05, 0) is 18.1 Å². The number of nitriles is 1. The van der Waals surface area contributed by atoms with Crippen LogP contribution in [0.15, 0.2) is 24.4 Å². The van der Waals surface area contributed by atoms with Crippen LogP contribution in [0.2, 0.25) is 0 Å². The first-order chi connectivity index (χ1) is 7.61. The van der Waals surface area contributed by atoms with Crippen molar-refractivity contribution < 1.29 is 4.79 Å². The maximum absolute atomic E-state index is 12.0. The summed E-state index contributed by atoms with van der Waals surface area (Å²) in [6, 6.07) is 0.979. The van der Waals surface area contributed by atoms with Gasteiger partial charge in [-0.3, -0.25) is 9.69 Å². The van der Waals surface area contributed by atoms with E-state index in [2.05, 4.69) is 6.07 Å². The predicted molar refractivity (Wildman–Crippen MR) is 62.0 cm³/mol. The van der Waals surface area contributed by atoms with Gasteiger partial charge in [0.2, 0.25) is 5.91 Å². The summed E-state index contributed by atoms with van der Waals surface area (Å²) < 4.78 is 0. The number of nitrogens with two attached hydrogens (primary N) is 1. The van der Waals surface area contributed by atoms with Crippen LogP contribution in [0.25, 0.3) is 0 Å². The minimum Gasteiger partial charge on any atom is -0.320 e. The van der Waals surface area contributed by atoms with Crippen molar-refractivity contribution in [2.24, 2.45) is 11.7 Å². The van der Waals surface area contributed by atoms with Crippen molar-refractivity contribution in [3.8, 4) is 6.07 Å². The molecule has 16 heavy (non-hydrogen) atoms. The van der Waals surface area contributed by atoms with Crippen molar-refractivity contribution in [3.05, 3.63) is 24.4 Å². The molecule has 1 heterocycles. The fourth-order valence-electron chi connectivity index (χ4n) is 1.48. The second-order valence-corrected chi connectivity index (χ2v) is 3.96. The number of nitrogens with zero attached hydrogens (tertiary/aromatic N) is 2. The predicted octanol–water partition coefficient (Wildman–Crippen LogP) is 1.16. The van der Waals surface area contributed by atoms with Crippen LogP contribution in [-0.4, -0.2) is 22.9 Å². The monoisotopic (exact) mass is 219 g/mol. The number of hydrogen-bond donors (Lipinski definition) is 1. The molecule has 0 spiro atoms. The maximum Gasteiger partial charge on any atom is 0.245 e. The number of allylic oxidation sites excluding steroid dienone is 2. The normalized spacial score (nSPS) is 22.6. The van der Waals surface area contributed by atoms with Gasteiger partial charge < -0.3 is 5.73 Å². The van der Waals surface area contributed by atoms with Gasteiger partial charge in [-0.2, -0.15) is 5.26 Å². The van der Waals surface area contributed by atoms with E-state index < -0.39 is 12.1 Å². The Morgan fingerprint density at radius 2 is 2.31 bits per heavy atom. The zero-order valence-electron chi connectivity index (χ0n) is 9.63. The minimum atomic E-state index is -0.544. The van der Waals surface area contributed by atoms with Gasteiger partial charge in [0.15, 0.2) is 0 Å². The zero-order chi connectivity index (χ0) is 12.1. The fraction of sp³-hybridized carbons (Fsp3) is 0.500. The van der Waals surface area contributed by atoms with Crippen molar-refractivity contribution in [1.82, 2.24) is 4.90 Å². The molecule has 0 bridgehead atoms. The molecule has 0 fully saturated rings.